The van der Waals surface area contributed by atoms with E-state index in [1.807, 2.05) is 76.4 Å². The number of carbonyl (C=O) groups excluding carboxylic acids is 2. The van der Waals surface area contributed by atoms with E-state index < -0.39 is 18.6 Å². The van der Waals surface area contributed by atoms with Gasteiger partial charge in [0.15, 0.2) is 0 Å². The van der Waals surface area contributed by atoms with Crippen LogP contribution in [0, 0.1) is 5.92 Å². The Hall–Kier alpha value is -6.00. The summed E-state index contributed by atoms with van der Waals surface area (Å²) in [6, 6.07) is 13.2. The first-order valence-electron chi connectivity index (χ1n) is 21.3. The minimum atomic E-state index is -4.06. The lowest BCUT2D eigenvalue weighted by Crippen LogP contribution is -2.27. The van der Waals surface area contributed by atoms with Crippen molar-refractivity contribution in [1.82, 2.24) is 56.9 Å². The summed E-state index contributed by atoms with van der Waals surface area (Å²) < 4.78 is 33.0. The van der Waals surface area contributed by atoms with Crippen LogP contribution in [-0.4, -0.2) is 169 Å². The number of aromatic nitrogens is 5. The number of halogens is 3. The standard InChI is InChI=1S/C8H9N3.C8H10N2O.C8H12N2.C6H12N2O.C6H10N2.C5H10N4.C3H6F3N/c1-9-7-3-2-6-5-10-11-8(6)4-7;1-10-7-5-3-2-4-6(7)8(9)11;1-10-3-2-7-4-9-5-8(7)6-10;1-7-3-5-2-6(9)8-4-5;1-7-4-6-2-3-8-5-6;1-6-3-2-5-7-4-8-9-5;1-7-2-3(4,5)6/h2-5,9H,1H3,(H,10,11);2-5,10H,1H3,(H2,9,11);5H,2-4,6H2,1H3;5,7H,2-4H2,1H3,(H,8,9);2,5,7H,3-4H2,1H3;4,6H,2-3H2,1H3,(H,7,8,9);7H,2H2,1H3. The molecule has 2 aromatic carbocycles. The molecule has 1 fully saturated rings. The summed E-state index contributed by atoms with van der Waals surface area (Å²) in [6.07, 6.45) is 8.18. The molecule has 0 radical (unpaired) electrons. The number of alkyl halides is 3. The van der Waals surface area contributed by atoms with Gasteiger partial charge in [0.05, 0.1) is 36.9 Å². The van der Waals surface area contributed by atoms with Crippen LogP contribution in [0.5, 0.6) is 0 Å². The van der Waals surface area contributed by atoms with Gasteiger partial charge in [-0.2, -0.15) is 23.4 Å². The number of rotatable bonds is 11. The van der Waals surface area contributed by atoms with E-state index in [-0.39, 0.29) is 5.91 Å². The zero-order valence-corrected chi connectivity index (χ0v) is 38.7. The fourth-order valence-corrected chi connectivity index (χ4v) is 6.16. The number of hydrogen-bond acceptors (Lipinski definition) is 14. The lowest BCUT2D eigenvalue weighted by molar-refractivity contribution is -0.123. The highest BCUT2D eigenvalue weighted by Gasteiger charge is 2.25. The van der Waals surface area contributed by atoms with Crippen molar-refractivity contribution in [3.05, 3.63) is 89.2 Å². The van der Waals surface area contributed by atoms with Gasteiger partial charge in [-0.15, -0.1) is 0 Å². The Morgan fingerprint density at radius 1 is 0.938 bits per heavy atom. The van der Waals surface area contributed by atoms with Crippen LogP contribution >= 0.6 is 0 Å². The Kier molecular flexibility index (Phi) is 27.0. The Morgan fingerprint density at radius 2 is 1.72 bits per heavy atom. The summed E-state index contributed by atoms with van der Waals surface area (Å²) in [5.41, 5.74) is 12.9. The van der Waals surface area contributed by atoms with Gasteiger partial charge in [-0.25, -0.2) is 4.98 Å². The molecule has 1 unspecified atom stereocenters. The molecule has 18 nitrogen and oxygen atoms in total. The first-order chi connectivity index (χ1) is 31.3. The molecule has 1 atom stereocenters. The number of primary amides is 1. The number of nitrogens with zero attached hydrogens (tertiary/aromatic N) is 6. The maximum Gasteiger partial charge on any atom is 0.401 e. The molecule has 4 aromatic rings. The predicted octanol–water partition coefficient (Wildman–Crippen LogP) is 3.03. The van der Waals surface area contributed by atoms with Crippen LogP contribution in [0.3, 0.4) is 0 Å². The van der Waals surface area contributed by atoms with Crippen molar-refractivity contribution in [3.63, 3.8) is 0 Å². The van der Waals surface area contributed by atoms with Crippen LogP contribution in [0.25, 0.3) is 10.9 Å². The number of nitrogens with one attached hydrogen (secondary N) is 9. The van der Waals surface area contributed by atoms with E-state index in [0.29, 0.717) is 17.9 Å². The number of aliphatic imine (C=N–C) groups is 2. The molecular weight excluding hydrogens is 842 g/mol. The maximum atomic E-state index is 11.0. The second-order valence-corrected chi connectivity index (χ2v) is 14.8. The van der Waals surface area contributed by atoms with Gasteiger partial charge in [0.1, 0.15) is 12.2 Å². The summed E-state index contributed by atoms with van der Waals surface area (Å²) in [5.74, 6) is 1.23. The average Bonchev–Trinajstić information content (AvgIpc) is 4.16. The molecule has 1 saturated heterocycles. The molecule has 21 heteroatoms. The number of benzene rings is 2. The normalized spacial score (nSPS) is 15.6. The highest BCUT2D eigenvalue weighted by molar-refractivity contribution is 5.98. The number of hydrogen-bond donors (Lipinski definition) is 10. The second kappa shape index (κ2) is 31.8. The van der Waals surface area contributed by atoms with E-state index in [0.717, 1.165) is 80.3 Å². The summed E-state index contributed by atoms with van der Waals surface area (Å²) in [4.78, 5) is 35.9. The average molecular weight is 911 g/mol. The largest absolute Gasteiger partial charge is 0.401 e. The highest BCUT2D eigenvalue weighted by atomic mass is 19.4. The zero-order chi connectivity index (χ0) is 47.9. The molecule has 0 bridgehead atoms. The van der Waals surface area contributed by atoms with E-state index in [1.165, 1.54) is 37.5 Å². The Balaban J connectivity index is 0.000000262. The maximum absolute atomic E-state index is 11.0. The van der Waals surface area contributed by atoms with Crippen LogP contribution in [0.15, 0.2) is 87.8 Å². The molecule has 2 aromatic heterocycles. The summed E-state index contributed by atoms with van der Waals surface area (Å²) in [6.45, 7) is 6.94. The molecule has 0 spiro atoms. The van der Waals surface area contributed by atoms with Crippen LogP contribution in [0.2, 0.25) is 0 Å². The van der Waals surface area contributed by atoms with E-state index in [2.05, 4.69) is 85.3 Å². The molecule has 358 valence electrons. The van der Waals surface area contributed by atoms with Crippen molar-refractivity contribution >= 4 is 46.5 Å². The van der Waals surface area contributed by atoms with Gasteiger partial charge < -0.3 is 47.9 Å². The Labute approximate surface area is 380 Å². The number of anilines is 2. The fraction of sp³-hybridized carbons (Fsp3) is 0.477. The van der Waals surface area contributed by atoms with E-state index in [9.17, 15) is 22.8 Å². The number of para-hydroxylation sites is 1. The zero-order valence-electron chi connectivity index (χ0n) is 38.7. The minimum Gasteiger partial charge on any atom is -0.388 e. The summed E-state index contributed by atoms with van der Waals surface area (Å²) >= 11 is 0. The van der Waals surface area contributed by atoms with Crippen molar-refractivity contribution in [2.24, 2.45) is 21.6 Å². The third-order valence-corrected chi connectivity index (χ3v) is 9.52. The molecule has 65 heavy (non-hydrogen) atoms. The number of nitrogens with two attached hydrogens (primary N) is 1. The quantitative estimate of drug-likeness (QED) is 0.105. The van der Waals surface area contributed by atoms with Crippen molar-refractivity contribution < 1.29 is 22.8 Å². The van der Waals surface area contributed by atoms with Gasteiger partial charge >= 0.3 is 6.18 Å². The Bertz CT molecular complexity index is 2070. The topological polar surface area (TPSA) is 243 Å². The predicted molar refractivity (Wildman–Crippen MR) is 257 cm³/mol. The second-order valence-electron chi connectivity index (χ2n) is 14.8. The van der Waals surface area contributed by atoms with Gasteiger partial charge in [0.25, 0.3) is 5.91 Å². The summed E-state index contributed by atoms with van der Waals surface area (Å²) in [5, 5.41) is 34.3. The lowest BCUT2D eigenvalue weighted by Gasteiger charge is -2.22. The van der Waals surface area contributed by atoms with Crippen molar-refractivity contribution in [2.75, 3.05) is 119 Å². The Morgan fingerprint density at radius 3 is 2.28 bits per heavy atom. The van der Waals surface area contributed by atoms with Gasteiger partial charge in [-0.05, 0) is 101 Å². The molecule has 4 aliphatic rings. The number of likely N-dealkylation sites (N-methyl/N-ethyl adjacent to an activating group) is 3. The van der Waals surface area contributed by atoms with E-state index in [1.54, 1.807) is 30.8 Å². The highest BCUT2D eigenvalue weighted by Crippen LogP contribution is 2.19. The molecular formula is C44H69F3N16O2. The molecule has 11 N–H and O–H groups in total. The van der Waals surface area contributed by atoms with Gasteiger partial charge in [-0.3, -0.25) is 29.8 Å². The third-order valence-electron chi connectivity index (χ3n) is 9.52. The van der Waals surface area contributed by atoms with Crippen LogP contribution in [0.4, 0.5) is 24.5 Å². The lowest BCUT2D eigenvalue weighted by atomic mass is 10.0. The number of aromatic amines is 2. The number of carbonyl (C=O) groups is 2. The van der Waals surface area contributed by atoms with E-state index in [4.69, 9.17) is 5.73 Å². The summed E-state index contributed by atoms with van der Waals surface area (Å²) in [7, 11) is 12.8. The first kappa shape index (κ1) is 55.1. The fourth-order valence-electron chi connectivity index (χ4n) is 6.16. The smallest absolute Gasteiger partial charge is 0.388 e. The molecule has 2 amide bonds. The number of amides is 2. The molecule has 8 rings (SSSR count). The monoisotopic (exact) mass is 911 g/mol. The first-order valence-corrected chi connectivity index (χ1v) is 21.3. The van der Waals surface area contributed by atoms with Gasteiger partial charge in [0.2, 0.25) is 5.91 Å². The van der Waals surface area contributed by atoms with Gasteiger partial charge in [0, 0.05) is 88.9 Å². The number of fused-ring (bicyclic) bond motifs is 1. The molecule has 4 aliphatic heterocycles. The van der Waals surface area contributed by atoms with Crippen molar-refractivity contribution in [3.8, 4) is 0 Å². The van der Waals surface area contributed by atoms with Crippen molar-refractivity contribution in [2.45, 2.75) is 25.4 Å². The SMILES string of the molecule is CN1CCC2=C(C=NC2)C1.CNCC(F)(F)F.CNCC1=CCN=C1.CNCC1CNC(=O)C1.CNCCc1ncn[nH]1.CNc1ccc2cn[nH]c2c1.CNc1ccccc1C(N)=O. The van der Waals surface area contributed by atoms with Crippen LogP contribution in [-0.2, 0) is 11.2 Å². The molecule has 0 aliphatic carbocycles. The minimum absolute atomic E-state index is 0.190. The van der Waals surface area contributed by atoms with Crippen molar-refractivity contribution in [1.29, 1.82) is 0 Å². The molecule has 0 saturated carbocycles. The van der Waals surface area contributed by atoms with Crippen LogP contribution in [0.1, 0.15) is 29.0 Å². The third kappa shape index (κ3) is 23.5. The van der Waals surface area contributed by atoms with E-state index >= 15 is 0 Å². The van der Waals surface area contributed by atoms with Gasteiger partial charge in [-0.1, -0.05) is 18.2 Å². The number of H-pyrrole nitrogens is 2. The molecule has 6 heterocycles. The van der Waals surface area contributed by atoms with Crippen LogP contribution < -0.4 is 43.0 Å².